The lowest BCUT2D eigenvalue weighted by molar-refractivity contribution is -0.149. The number of ether oxygens (including phenoxy) is 1. The summed E-state index contributed by atoms with van der Waals surface area (Å²) in [5, 5.41) is 0. The van der Waals surface area contributed by atoms with E-state index in [0.717, 1.165) is 13.1 Å². The topological polar surface area (TPSA) is 58.8 Å². The first kappa shape index (κ1) is 12.8. The predicted molar refractivity (Wildman–Crippen MR) is 65.6 cm³/mol. The first-order chi connectivity index (χ1) is 8.20. The highest BCUT2D eigenvalue weighted by molar-refractivity contribution is 5.78. The van der Waals surface area contributed by atoms with Gasteiger partial charge in [0.2, 0.25) is 5.91 Å². The average molecular weight is 241 g/mol. The van der Waals surface area contributed by atoms with Gasteiger partial charge in [-0.3, -0.25) is 4.79 Å². The van der Waals surface area contributed by atoms with Crippen molar-refractivity contribution in [3.63, 3.8) is 0 Å². The van der Waals surface area contributed by atoms with Gasteiger partial charge in [0.05, 0.1) is 6.10 Å². The van der Waals surface area contributed by atoms with E-state index in [2.05, 4.69) is 11.9 Å². The number of carbonyl (C=O) groups is 1. The Morgan fingerprint density at radius 2 is 2.29 bits per heavy atom. The molecule has 2 rings (SSSR count). The molecule has 2 aliphatic heterocycles. The average Bonchev–Trinajstić information content (AvgIpc) is 2.35. The molecule has 2 aliphatic rings. The Balaban J connectivity index is 1.89. The molecule has 1 amide bonds. The van der Waals surface area contributed by atoms with E-state index in [-0.39, 0.29) is 18.6 Å². The van der Waals surface area contributed by atoms with Crippen LogP contribution in [0.2, 0.25) is 0 Å². The number of likely N-dealkylation sites (tertiary alicyclic amines) is 1. The van der Waals surface area contributed by atoms with Gasteiger partial charge in [-0.2, -0.15) is 0 Å². The second-order valence-corrected chi connectivity index (χ2v) is 5.10. The molecule has 0 aromatic heterocycles. The van der Waals surface area contributed by atoms with Crippen LogP contribution in [0.15, 0.2) is 0 Å². The van der Waals surface area contributed by atoms with Crippen LogP contribution in [0, 0.1) is 0 Å². The SMILES string of the molecule is CN1CCCCC1CN1CC(CN)OCC1=O. The molecule has 0 radical (unpaired) electrons. The van der Waals surface area contributed by atoms with Crippen molar-refractivity contribution < 1.29 is 9.53 Å². The van der Waals surface area contributed by atoms with Gasteiger partial charge >= 0.3 is 0 Å². The third-order valence-corrected chi connectivity index (χ3v) is 3.83. The number of hydrogen-bond acceptors (Lipinski definition) is 4. The summed E-state index contributed by atoms with van der Waals surface area (Å²) in [5.74, 6) is 0.105. The van der Waals surface area contributed by atoms with E-state index < -0.39 is 0 Å². The van der Waals surface area contributed by atoms with E-state index in [1.807, 2.05) is 4.90 Å². The standard InChI is InChI=1S/C12H23N3O2/c1-14-5-3-2-4-10(14)7-15-8-11(6-13)17-9-12(15)16/h10-11H,2-9,13H2,1H3. The van der Waals surface area contributed by atoms with Crippen LogP contribution in [0.1, 0.15) is 19.3 Å². The fourth-order valence-corrected chi connectivity index (χ4v) is 2.63. The molecule has 5 nitrogen and oxygen atoms in total. The minimum Gasteiger partial charge on any atom is -0.365 e. The Hall–Kier alpha value is -0.650. The number of rotatable bonds is 3. The van der Waals surface area contributed by atoms with Crippen LogP contribution < -0.4 is 5.73 Å². The van der Waals surface area contributed by atoms with E-state index in [0.29, 0.717) is 19.1 Å². The number of carbonyl (C=O) groups excluding carboxylic acids is 1. The monoisotopic (exact) mass is 241 g/mol. The van der Waals surface area contributed by atoms with Crippen molar-refractivity contribution in [2.24, 2.45) is 5.73 Å². The third kappa shape index (κ3) is 3.18. The van der Waals surface area contributed by atoms with Gasteiger partial charge in [-0.05, 0) is 26.4 Å². The molecule has 2 fully saturated rings. The first-order valence-corrected chi connectivity index (χ1v) is 6.50. The largest absolute Gasteiger partial charge is 0.365 e. The number of piperidine rings is 1. The summed E-state index contributed by atoms with van der Waals surface area (Å²) < 4.78 is 5.36. The number of likely N-dealkylation sites (N-methyl/N-ethyl adjacent to an activating group) is 1. The van der Waals surface area contributed by atoms with Crippen LogP contribution in [0.4, 0.5) is 0 Å². The van der Waals surface area contributed by atoms with Gasteiger partial charge in [0, 0.05) is 25.7 Å². The highest BCUT2D eigenvalue weighted by atomic mass is 16.5. The molecular weight excluding hydrogens is 218 g/mol. The maximum Gasteiger partial charge on any atom is 0.248 e. The summed E-state index contributed by atoms with van der Waals surface area (Å²) in [6, 6.07) is 0.504. The quantitative estimate of drug-likeness (QED) is 0.734. The molecule has 2 N–H and O–H groups in total. The second-order valence-electron chi connectivity index (χ2n) is 5.10. The number of amides is 1. The third-order valence-electron chi connectivity index (χ3n) is 3.83. The summed E-state index contributed by atoms with van der Waals surface area (Å²) >= 11 is 0. The van der Waals surface area contributed by atoms with Gasteiger partial charge in [-0.25, -0.2) is 0 Å². The molecule has 2 atom stereocenters. The smallest absolute Gasteiger partial charge is 0.248 e. The molecule has 0 aromatic rings. The van der Waals surface area contributed by atoms with Gasteiger partial charge in [0.1, 0.15) is 6.61 Å². The second kappa shape index (κ2) is 5.80. The zero-order valence-corrected chi connectivity index (χ0v) is 10.6. The van der Waals surface area contributed by atoms with E-state index >= 15 is 0 Å². The van der Waals surface area contributed by atoms with Crippen molar-refractivity contribution in [1.82, 2.24) is 9.80 Å². The van der Waals surface area contributed by atoms with E-state index in [9.17, 15) is 4.79 Å². The van der Waals surface area contributed by atoms with Crippen LogP contribution in [0.25, 0.3) is 0 Å². The van der Waals surface area contributed by atoms with Crippen molar-refractivity contribution >= 4 is 5.91 Å². The highest BCUT2D eigenvalue weighted by Crippen LogP contribution is 2.17. The lowest BCUT2D eigenvalue weighted by atomic mass is 10.0. The fourth-order valence-electron chi connectivity index (χ4n) is 2.63. The molecule has 98 valence electrons. The van der Waals surface area contributed by atoms with Crippen molar-refractivity contribution in [1.29, 1.82) is 0 Å². The predicted octanol–water partition coefficient (Wildman–Crippen LogP) is -0.343. The van der Waals surface area contributed by atoms with Gasteiger partial charge in [-0.15, -0.1) is 0 Å². The molecule has 2 heterocycles. The number of nitrogens with zero attached hydrogens (tertiary/aromatic N) is 2. The minimum absolute atomic E-state index is 0.0154. The molecule has 2 saturated heterocycles. The van der Waals surface area contributed by atoms with Crippen LogP contribution in [-0.4, -0.2) is 67.7 Å². The van der Waals surface area contributed by atoms with Crippen LogP contribution >= 0.6 is 0 Å². The fraction of sp³-hybridized carbons (Fsp3) is 0.917. The maximum absolute atomic E-state index is 11.8. The Labute approximate surface area is 103 Å². The number of morpholine rings is 1. The Bertz CT molecular complexity index is 272. The molecule has 5 heteroatoms. The molecule has 0 aromatic carbocycles. The van der Waals surface area contributed by atoms with Crippen LogP contribution in [0.3, 0.4) is 0 Å². The molecule has 2 unspecified atom stereocenters. The van der Waals surface area contributed by atoms with Crippen LogP contribution in [-0.2, 0) is 9.53 Å². The van der Waals surface area contributed by atoms with Crippen LogP contribution in [0.5, 0.6) is 0 Å². The molecule has 0 spiro atoms. The van der Waals surface area contributed by atoms with Gasteiger partial charge in [-0.1, -0.05) is 6.42 Å². The Morgan fingerprint density at radius 1 is 1.47 bits per heavy atom. The first-order valence-electron chi connectivity index (χ1n) is 6.50. The van der Waals surface area contributed by atoms with Gasteiger partial charge in [0.15, 0.2) is 0 Å². The highest BCUT2D eigenvalue weighted by Gasteiger charge is 2.29. The van der Waals surface area contributed by atoms with Gasteiger partial charge < -0.3 is 20.3 Å². The van der Waals surface area contributed by atoms with Crippen molar-refractivity contribution in [3.8, 4) is 0 Å². The molecule has 0 aliphatic carbocycles. The van der Waals surface area contributed by atoms with Crippen molar-refractivity contribution in [2.45, 2.75) is 31.4 Å². The maximum atomic E-state index is 11.8. The summed E-state index contributed by atoms with van der Waals surface area (Å²) in [7, 11) is 2.15. The van der Waals surface area contributed by atoms with E-state index in [1.165, 1.54) is 19.3 Å². The van der Waals surface area contributed by atoms with Gasteiger partial charge in [0.25, 0.3) is 0 Å². The number of hydrogen-bond donors (Lipinski definition) is 1. The molecule has 0 saturated carbocycles. The van der Waals surface area contributed by atoms with Crippen molar-refractivity contribution in [3.05, 3.63) is 0 Å². The summed E-state index contributed by atoms with van der Waals surface area (Å²) in [6.07, 6.45) is 3.75. The van der Waals surface area contributed by atoms with E-state index in [1.54, 1.807) is 0 Å². The summed E-state index contributed by atoms with van der Waals surface area (Å²) in [5.41, 5.74) is 5.60. The lowest BCUT2D eigenvalue weighted by Crippen LogP contribution is -2.54. The lowest BCUT2D eigenvalue weighted by Gasteiger charge is -2.39. The molecule has 0 bridgehead atoms. The zero-order valence-electron chi connectivity index (χ0n) is 10.6. The van der Waals surface area contributed by atoms with E-state index in [4.69, 9.17) is 10.5 Å². The molecule has 17 heavy (non-hydrogen) atoms. The Morgan fingerprint density at radius 3 is 3.00 bits per heavy atom. The zero-order chi connectivity index (χ0) is 12.3. The Kier molecular flexibility index (Phi) is 4.36. The number of nitrogens with two attached hydrogens (primary N) is 1. The normalized spacial score (nSPS) is 31.9. The summed E-state index contributed by atoms with van der Waals surface area (Å²) in [4.78, 5) is 16.1. The molecular formula is C12H23N3O2. The summed E-state index contributed by atoms with van der Waals surface area (Å²) in [6.45, 7) is 3.31. The van der Waals surface area contributed by atoms with Crippen molar-refractivity contribution in [2.75, 3.05) is 39.8 Å². The minimum atomic E-state index is 0.0154.